The van der Waals surface area contributed by atoms with Crippen LogP contribution < -0.4 is 20.7 Å². The van der Waals surface area contributed by atoms with Gasteiger partial charge in [-0.25, -0.2) is 9.97 Å². The van der Waals surface area contributed by atoms with Crippen molar-refractivity contribution in [3.8, 4) is 5.75 Å². The number of likely N-dealkylation sites (N-methyl/N-ethyl adjacent to an activating group) is 1. The number of carbonyl (C=O) groups is 2. The van der Waals surface area contributed by atoms with E-state index in [1.165, 1.54) is 36.0 Å². The first kappa shape index (κ1) is 28.0. The third kappa shape index (κ3) is 9.75. The lowest BCUT2D eigenvalue weighted by Gasteiger charge is -2.11. The molecule has 196 valence electrons. The minimum absolute atomic E-state index is 0.000814. The van der Waals surface area contributed by atoms with Gasteiger partial charge in [-0.1, -0.05) is 0 Å². The van der Waals surface area contributed by atoms with Gasteiger partial charge in [0.05, 0.1) is 12.1 Å². The second kappa shape index (κ2) is 14.2. The van der Waals surface area contributed by atoms with Gasteiger partial charge in [-0.05, 0) is 68.2 Å². The zero-order valence-electron chi connectivity index (χ0n) is 20.4. The molecule has 12 heteroatoms. The van der Waals surface area contributed by atoms with Gasteiger partial charge in [-0.2, -0.15) is 8.78 Å². The lowest BCUT2D eigenvalue weighted by atomic mass is 10.2. The molecule has 2 aromatic heterocycles. The van der Waals surface area contributed by atoms with Crippen LogP contribution in [0.5, 0.6) is 5.75 Å². The number of ether oxygens (including phenoxy) is 1. The van der Waals surface area contributed by atoms with Crippen LogP contribution >= 0.6 is 11.8 Å². The van der Waals surface area contributed by atoms with E-state index in [0.29, 0.717) is 34.4 Å². The summed E-state index contributed by atoms with van der Waals surface area (Å²) >= 11 is 1.36. The monoisotopic (exact) mass is 530 g/mol. The minimum atomic E-state index is -2.92. The average Bonchev–Trinajstić information content (AvgIpc) is 2.86. The second-order valence-electron chi connectivity index (χ2n) is 8.08. The Morgan fingerprint density at radius 1 is 1.05 bits per heavy atom. The summed E-state index contributed by atoms with van der Waals surface area (Å²) in [5, 5.41) is 9.10. The zero-order valence-corrected chi connectivity index (χ0v) is 21.2. The first-order valence-corrected chi connectivity index (χ1v) is 12.3. The van der Waals surface area contributed by atoms with E-state index in [0.717, 1.165) is 12.1 Å². The Hall–Kier alpha value is -3.61. The lowest BCUT2D eigenvalue weighted by Crippen LogP contribution is -2.33. The maximum absolute atomic E-state index is 12.8. The minimum Gasteiger partial charge on any atom is -0.435 e. The summed E-state index contributed by atoms with van der Waals surface area (Å²) in [7, 11) is 3.93. The van der Waals surface area contributed by atoms with Gasteiger partial charge < -0.3 is 25.6 Å². The summed E-state index contributed by atoms with van der Waals surface area (Å²) in [5.41, 5.74) is 1.69. The maximum atomic E-state index is 12.8. The predicted molar refractivity (Wildman–Crippen MR) is 139 cm³/mol. The Bertz CT molecular complexity index is 1180. The van der Waals surface area contributed by atoms with Gasteiger partial charge in [0.15, 0.2) is 0 Å². The van der Waals surface area contributed by atoms with Crippen molar-refractivity contribution >= 4 is 35.1 Å². The van der Waals surface area contributed by atoms with Crippen LogP contribution in [-0.4, -0.2) is 67.0 Å². The lowest BCUT2D eigenvalue weighted by molar-refractivity contribution is -0.115. The second-order valence-corrected chi connectivity index (χ2v) is 9.04. The molecule has 0 radical (unpaired) electrons. The molecule has 2 heterocycles. The number of aromatic nitrogens is 2. The largest absolute Gasteiger partial charge is 0.435 e. The molecule has 0 saturated carbocycles. The summed E-state index contributed by atoms with van der Waals surface area (Å²) in [6.07, 6.45) is 3.20. The Kier molecular flexibility index (Phi) is 10.7. The number of benzene rings is 1. The molecule has 0 aliphatic heterocycles. The molecule has 0 bridgehead atoms. The molecule has 0 aliphatic carbocycles. The van der Waals surface area contributed by atoms with Crippen LogP contribution in [0.3, 0.4) is 0 Å². The Balaban J connectivity index is 1.56. The van der Waals surface area contributed by atoms with Crippen LogP contribution in [0.1, 0.15) is 15.9 Å². The standard InChI is InChI=1S/C25H28F2N6O3S/c1-33(2)13-12-28-15-22(34)32-21-14-17(9-11-29-21)16-37-24-20(4-3-10-30-24)23(35)31-18-5-7-19(8-6-18)36-25(26)27/h3-11,14,25,28H,12-13,15-16H2,1-2H3,(H,31,35)(H,29,32,34). The molecule has 1 aromatic carbocycles. The highest BCUT2D eigenvalue weighted by Gasteiger charge is 2.14. The van der Waals surface area contributed by atoms with Crippen molar-refractivity contribution in [2.75, 3.05) is 44.4 Å². The highest BCUT2D eigenvalue weighted by atomic mass is 32.2. The number of pyridine rings is 2. The number of carbonyl (C=O) groups excluding carboxylic acids is 2. The van der Waals surface area contributed by atoms with Crippen LogP contribution in [0.15, 0.2) is 66.0 Å². The molecule has 0 atom stereocenters. The summed E-state index contributed by atoms with van der Waals surface area (Å²) in [4.78, 5) is 35.6. The fraction of sp³-hybridized carbons (Fsp3) is 0.280. The van der Waals surface area contributed by atoms with E-state index < -0.39 is 6.61 Å². The van der Waals surface area contributed by atoms with Gasteiger partial charge in [-0.15, -0.1) is 11.8 Å². The molecule has 3 rings (SSSR count). The molecule has 0 spiro atoms. The Morgan fingerprint density at radius 2 is 1.84 bits per heavy atom. The fourth-order valence-corrected chi connectivity index (χ4v) is 4.01. The van der Waals surface area contributed by atoms with Gasteiger partial charge in [0.2, 0.25) is 5.91 Å². The van der Waals surface area contributed by atoms with Gasteiger partial charge in [0.25, 0.3) is 5.91 Å². The van der Waals surface area contributed by atoms with Crippen molar-refractivity contribution in [3.63, 3.8) is 0 Å². The summed E-state index contributed by atoms with van der Waals surface area (Å²) in [5.74, 6) is 0.356. The van der Waals surface area contributed by atoms with Crippen molar-refractivity contribution in [2.45, 2.75) is 17.4 Å². The van der Waals surface area contributed by atoms with E-state index >= 15 is 0 Å². The number of nitrogens with zero attached hydrogens (tertiary/aromatic N) is 3. The molecule has 0 fully saturated rings. The zero-order chi connectivity index (χ0) is 26.6. The average molecular weight is 531 g/mol. The van der Waals surface area contributed by atoms with Crippen LogP contribution in [-0.2, 0) is 10.5 Å². The van der Waals surface area contributed by atoms with Crippen molar-refractivity contribution in [1.82, 2.24) is 20.2 Å². The Labute approximate surface area is 218 Å². The molecule has 0 aliphatic rings. The number of rotatable bonds is 13. The molecular weight excluding hydrogens is 502 g/mol. The third-order valence-corrected chi connectivity index (χ3v) is 5.92. The number of nitrogens with one attached hydrogen (secondary N) is 3. The topological polar surface area (TPSA) is 108 Å². The highest BCUT2D eigenvalue weighted by molar-refractivity contribution is 7.98. The molecular formula is C25H28F2N6O3S. The van der Waals surface area contributed by atoms with E-state index in [1.54, 1.807) is 30.6 Å². The summed E-state index contributed by atoms with van der Waals surface area (Å²) < 4.78 is 29.0. The van der Waals surface area contributed by atoms with Gasteiger partial charge in [0.1, 0.15) is 16.6 Å². The number of alkyl halides is 2. The molecule has 37 heavy (non-hydrogen) atoms. The molecule has 0 unspecified atom stereocenters. The molecule has 0 saturated heterocycles. The van der Waals surface area contributed by atoms with Crippen LogP contribution in [0.2, 0.25) is 0 Å². The first-order valence-electron chi connectivity index (χ1n) is 11.3. The van der Waals surface area contributed by atoms with E-state index in [2.05, 4.69) is 30.7 Å². The Morgan fingerprint density at radius 3 is 2.57 bits per heavy atom. The number of anilines is 2. The fourth-order valence-electron chi connectivity index (χ4n) is 3.07. The van der Waals surface area contributed by atoms with Crippen molar-refractivity contribution in [3.05, 3.63) is 72.1 Å². The van der Waals surface area contributed by atoms with E-state index in [-0.39, 0.29) is 24.1 Å². The normalized spacial score (nSPS) is 11.0. The number of amides is 2. The van der Waals surface area contributed by atoms with Gasteiger partial charge >= 0.3 is 6.61 Å². The number of halogens is 2. The number of hydrogen-bond donors (Lipinski definition) is 3. The molecule has 3 aromatic rings. The number of thioether (sulfide) groups is 1. The quantitative estimate of drug-likeness (QED) is 0.227. The van der Waals surface area contributed by atoms with Crippen LogP contribution in [0, 0.1) is 0 Å². The van der Waals surface area contributed by atoms with Gasteiger partial charge in [-0.3, -0.25) is 9.59 Å². The molecule has 3 N–H and O–H groups in total. The van der Waals surface area contributed by atoms with E-state index in [4.69, 9.17) is 0 Å². The first-order chi connectivity index (χ1) is 17.8. The predicted octanol–water partition coefficient (Wildman–Crippen LogP) is 3.71. The van der Waals surface area contributed by atoms with E-state index in [1.807, 2.05) is 25.1 Å². The smallest absolute Gasteiger partial charge is 0.387 e. The van der Waals surface area contributed by atoms with Crippen molar-refractivity contribution in [1.29, 1.82) is 0 Å². The molecule has 9 nitrogen and oxygen atoms in total. The van der Waals surface area contributed by atoms with Crippen LogP contribution in [0.4, 0.5) is 20.3 Å². The SMILES string of the molecule is CN(C)CCNCC(=O)Nc1cc(CSc2ncccc2C(=O)Nc2ccc(OC(F)F)cc2)ccn1. The summed E-state index contributed by atoms with van der Waals surface area (Å²) in [6.45, 7) is -1.21. The highest BCUT2D eigenvalue weighted by Crippen LogP contribution is 2.26. The molecule has 2 amide bonds. The maximum Gasteiger partial charge on any atom is 0.387 e. The van der Waals surface area contributed by atoms with E-state index in [9.17, 15) is 18.4 Å². The van der Waals surface area contributed by atoms with Crippen molar-refractivity contribution < 1.29 is 23.1 Å². The van der Waals surface area contributed by atoms with Gasteiger partial charge in [0, 0.05) is 36.9 Å². The third-order valence-electron chi connectivity index (χ3n) is 4.84. The number of hydrogen-bond acceptors (Lipinski definition) is 8. The summed E-state index contributed by atoms with van der Waals surface area (Å²) in [6, 6.07) is 12.6. The van der Waals surface area contributed by atoms with Crippen LogP contribution in [0.25, 0.3) is 0 Å². The van der Waals surface area contributed by atoms with Crippen molar-refractivity contribution in [2.24, 2.45) is 0 Å².